The van der Waals surface area contributed by atoms with Crippen LogP contribution >= 0.6 is 0 Å². The zero-order valence-electron chi connectivity index (χ0n) is 12.1. The van der Waals surface area contributed by atoms with Gasteiger partial charge in [0.15, 0.2) is 5.69 Å². The summed E-state index contributed by atoms with van der Waals surface area (Å²) >= 11 is 0. The van der Waals surface area contributed by atoms with E-state index < -0.39 is 15.9 Å². The van der Waals surface area contributed by atoms with Crippen molar-refractivity contribution in [3.05, 3.63) is 11.4 Å². The van der Waals surface area contributed by atoms with Gasteiger partial charge in [0.05, 0.1) is 5.69 Å². The van der Waals surface area contributed by atoms with E-state index in [1.54, 1.807) is 14.0 Å². The number of nitrogens with zero attached hydrogens (tertiary/aromatic N) is 2. The normalized spacial score (nSPS) is 11.6. The maximum Gasteiger partial charge on any atom is 0.275 e. The number of carbonyl (C=O) groups excluding carboxylic acids is 1. The van der Waals surface area contributed by atoms with Gasteiger partial charge in [-0.2, -0.15) is 5.10 Å². The van der Waals surface area contributed by atoms with Crippen LogP contribution in [0.2, 0.25) is 0 Å². The lowest BCUT2D eigenvalue weighted by Crippen LogP contribution is -2.30. The molecular formula is C12H22N4O3S. The van der Waals surface area contributed by atoms with Gasteiger partial charge in [-0.05, 0) is 12.8 Å². The van der Waals surface area contributed by atoms with Crippen LogP contribution in [0.15, 0.2) is 4.90 Å². The van der Waals surface area contributed by atoms with Crippen LogP contribution in [0.4, 0.5) is 0 Å². The molecule has 0 bridgehead atoms. The van der Waals surface area contributed by atoms with Crippen molar-refractivity contribution in [2.24, 2.45) is 5.14 Å². The maximum atomic E-state index is 12.3. The van der Waals surface area contributed by atoms with Crippen LogP contribution in [0.1, 0.15) is 49.3 Å². The van der Waals surface area contributed by atoms with E-state index >= 15 is 0 Å². The molecule has 0 fully saturated rings. The van der Waals surface area contributed by atoms with E-state index in [0.29, 0.717) is 18.7 Å². The summed E-state index contributed by atoms with van der Waals surface area (Å²) in [6.45, 7) is 4.40. The number of hydrogen-bond donors (Lipinski definition) is 2. The summed E-state index contributed by atoms with van der Waals surface area (Å²) in [6, 6.07) is 0. The molecule has 0 aromatic carbocycles. The van der Waals surface area contributed by atoms with E-state index in [0.717, 1.165) is 19.3 Å². The fraction of sp³-hybridized carbons (Fsp3) is 0.667. The summed E-state index contributed by atoms with van der Waals surface area (Å²) in [7, 11) is -2.35. The molecule has 3 N–H and O–H groups in total. The minimum Gasteiger partial charge on any atom is -0.340 e. The quantitative estimate of drug-likeness (QED) is 0.729. The first-order valence-corrected chi connectivity index (χ1v) is 8.23. The Hall–Kier alpha value is -1.41. The molecule has 0 unspecified atom stereocenters. The van der Waals surface area contributed by atoms with Gasteiger partial charge in [-0.1, -0.05) is 26.7 Å². The standard InChI is InChI=1S/C12H22N4O3S/c1-4-6-7-8-16(3)12(17)10-11(20(13,18)19)9(5-2)14-15-10/h4-8H2,1-3H3,(H,14,15)(H2,13,18,19). The number of aromatic amines is 1. The van der Waals surface area contributed by atoms with Crippen LogP contribution < -0.4 is 5.14 Å². The van der Waals surface area contributed by atoms with Crippen molar-refractivity contribution in [2.45, 2.75) is 44.4 Å². The highest BCUT2D eigenvalue weighted by Gasteiger charge is 2.28. The van der Waals surface area contributed by atoms with E-state index in [1.807, 2.05) is 0 Å². The summed E-state index contributed by atoms with van der Waals surface area (Å²) in [4.78, 5) is 13.5. The second kappa shape index (κ2) is 6.85. The molecular weight excluding hydrogens is 280 g/mol. The summed E-state index contributed by atoms with van der Waals surface area (Å²) in [5, 5.41) is 11.6. The molecule has 0 spiro atoms. The summed E-state index contributed by atoms with van der Waals surface area (Å²) in [6.07, 6.45) is 3.34. The van der Waals surface area contributed by atoms with Crippen molar-refractivity contribution in [1.82, 2.24) is 15.1 Å². The molecule has 7 nitrogen and oxygen atoms in total. The molecule has 20 heavy (non-hydrogen) atoms. The number of primary sulfonamides is 1. The Bertz CT molecular complexity index is 565. The molecule has 1 aromatic heterocycles. The van der Waals surface area contributed by atoms with Crippen molar-refractivity contribution in [2.75, 3.05) is 13.6 Å². The third-order valence-electron chi connectivity index (χ3n) is 3.08. The Balaban J connectivity index is 3.02. The molecule has 0 aliphatic carbocycles. The number of sulfonamides is 1. The molecule has 0 atom stereocenters. The summed E-state index contributed by atoms with van der Waals surface area (Å²) in [5.41, 5.74) is 0.237. The van der Waals surface area contributed by atoms with Crippen LogP contribution in [0.5, 0.6) is 0 Å². The van der Waals surface area contributed by atoms with Crippen molar-refractivity contribution < 1.29 is 13.2 Å². The molecule has 1 rings (SSSR count). The summed E-state index contributed by atoms with van der Waals surface area (Å²) in [5.74, 6) is -0.430. The number of aromatic nitrogens is 2. The number of amides is 1. The summed E-state index contributed by atoms with van der Waals surface area (Å²) < 4.78 is 23.3. The van der Waals surface area contributed by atoms with Crippen LogP contribution in [-0.4, -0.2) is 43.0 Å². The monoisotopic (exact) mass is 302 g/mol. The predicted octanol–water partition coefficient (Wildman–Crippen LogP) is 0.882. The zero-order chi connectivity index (χ0) is 15.3. The van der Waals surface area contributed by atoms with Gasteiger partial charge in [0.2, 0.25) is 10.0 Å². The number of hydrogen-bond acceptors (Lipinski definition) is 4. The molecule has 1 heterocycles. The molecule has 0 saturated carbocycles. The minimum atomic E-state index is -3.98. The Kier molecular flexibility index (Phi) is 5.70. The number of aryl methyl sites for hydroxylation is 1. The van der Waals surface area contributed by atoms with Gasteiger partial charge in [-0.25, -0.2) is 13.6 Å². The highest BCUT2D eigenvalue weighted by molar-refractivity contribution is 7.89. The van der Waals surface area contributed by atoms with Gasteiger partial charge in [0.1, 0.15) is 4.90 Å². The molecule has 0 aliphatic heterocycles. The van der Waals surface area contributed by atoms with E-state index in [-0.39, 0.29) is 10.6 Å². The maximum absolute atomic E-state index is 12.3. The fourth-order valence-corrected chi connectivity index (χ4v) is 2.88. The molecule has 1 amide bonds. The topological polar surface area (TPSA) is 109 Å². The van der Waals surface area contributed by atoms with Crippen LogP contribution in [0.25, 0.3) is 0 Å². The lowest BCUT2D eigenvalue weighted by molar-refractivity contribution is 0.0783. The van der Waals surface area contributed by atoms with E-state index in [1.165, 1.54) is 4.90 Å². The third-order valence-corrected chi connectivity index (χ3v) is 4.09. The second-order valence-electron chi connectivity index (χ2n) is 4.71. The first-order valence-electron chi connectivity index (χ1n) is 6.68. The van der Waals surface area contributed by atoms with Gasteiger partial charge >= 0.3 is 0 Å². The third kappa shape index (κ3) is 3.80. The van der Waals surface area contributed by atoms with E-state index in [4.69, 9.17) is 5.14 Å². The first-order chi connectivity index (χ1) is 9.32. The lowest BCUT2D eigenvalue weighted by Gasteiger charge is -2.16. The Labute approximate surface area is 119 Å². The van der Waals surface area contributed by atoms with Gasteiger partial charge < -0.3 is 4.90 Å². The van der Waals surface area contributed by atoms with E-state index in [9.17, 15) is 13.2 Å². The van der Waals surface area contributed by atoms with Crippen LogP contribution in [-0.2, 0) is 16.4 Å². The molecule has 0 radical (unpaired) electrons. The number of unbranched alkanes of at least 4 members (excludes halogenated alkanes) is 2. The highest BCUT2D eigenvalue weighted by atomic mass is 32.2. The number of carbonyl (C=O) groups is 1. The second-order valence-corrected chi connectivity index (χ2v) is 6.21. The van der Waals surface area contributed by atoms with Gasteiger partial charge in [-0.3, -0.25) is 9.89 Å². The predicted molar refractivity (Wildman–Crippen MR) is 75.8 cm³/mol. The van der Waals surface area contributed by atoms with Crippen molar-refractivity contribution >= 4 is 15.9 Å². The van der Waals surface area contributed by atoms with Crippen molar-refractivity contribution in [3.8, 4) is 0 Å². The van der Waals surface area contributed by atoms with Gasteiger partial charge in [-0.15, -0.1) is 0 Å². The minimum absolute atomic E-state index is 0.122. The number of nitrogens with two attached hydrogens (primary N) is 1. The van der Waals surface area contributed by atoms with Gasteiger partial charge in [0.25, 0.3) is 5.91 Å². The largest absolute Gasteiger partial charge is 0.340 e. The smallest absolute Gasteiger partial charge is 0.275 e. The Morgan fingerprint density at radius 1 is 1.35 bits per heavy atom. The molecule has 8 heteroatoms. The zero-order valence-corrected chi connectivity index (χ0v) is 13.0. The number of nitrogens with one attached hydrogen (secondary N) is 1. The van der Waals surface area contributed by atoms with Crippen molar-refractivity contribution in [3.63, 3.8) is 0 Å². The van der Waals surface area contributed by atoms with E-state index in [2.05, 4.69) is 17.1 Å². The van der Waals surface area contributed by atoms with Crippen LogP contribution in [0.3, 0.4) is 0 Å². The molecule has 1 aromatic rings. The molecule has 0 aliphatic rings. The first kappa shape index (κ1) is 16.6. The Morgan fingerprint density at radius 2 is 2.00 bits per heavy atom. The molecule has 114 valence electrons. The molecule has 0 saturated heterocycles. The Morgan fingerprint density at radius 3 is 2.50 bits per heavy atom. The van der Waals surface area contributed by atoms with Crippen LogP contribution in [0, 0.1) is 0 Å². The lowest BCUT2D eigenvalue weighted by atomic mass is 10.2. The average Bonchev–Trinajstić information content (AvgIpc) is 2.81. The highest BCUT2D eigenvalue weighted by Crippen LogP contribution is 2.18. The average molecular weight is 302 g/mol. The number of H-pyrrole nitrogens is 1. The van der Waals surface area contributed by atoms with Crippen molar-refractivity contribution in [1.29, 1.82) is 0 Å². The fourth-order valence-electron chi connectivity index (χ4n) is 1.94. The SMILES string of the molecule is CCCCCN(C)C(=O)c1n[nH]c(CC)c1S(N)(=O)=O. The van der Waals surface area contributed by atoms with Gasteiger partial charge in [0, 0.05) is 13.6 Å². The number of rotatable bonds is 7.